The maximum absolute atomic E-state index is 6.00. The van der Waals surface area contributed by atoms with Gasteiger partial charge in [0.2, 0.25) is 5.89 Å². The second kappa shape index (κ2) is 8.36. The molecule has 23 heavy (non-hydrogen) atoms. The summed E-state index contributed by atoms with van der Waals surface area (Å²) in [6.07, 6.45) is 2.89. The minimum absolute atomic E-state index is 0. The van der Waals surface area contributed by atoms with Crippen LogP contribution < -0.4 is 5.73 Å². The summed E-state index contributed by atoms with van der Waals surface area (Å²) in [4.78, 5) is 6.72. The molecule has 1 atom stereocenters. The van der Waals surface area contributed by atoms with E-state index in [-0.39, 0.29) is 30.2 Å². The summed E-state index contributed by atoms with van der Waals surface area (Å²) in [7, 11) is 0. The molecule has 1 fully saturated rings. The molecular formula is C16H22Cl3N3O. The Morgan fingerprint density at radius 3 is 2.83 bits per heavy atom. The maximum atomic E-state index is 6.00. The van der Waals surface area contributed by atoms with Crippen molar-refractivity contribution in [1.29, 1.82) is 0 Å². The SMILES string of the molecule is CC1(CN)CCN(Cc2ncc(-c3cccc(Cl)c3)o2)C1.Cl.Cl. The normalized spacial score (nSPS) is 20.8. The highest BCUT2D eigenvalue weighted by Gasteiger charge is 2.32. The van der Waals surface area contributed by atoms with Gasteiger partial charge in [-0.25, -0.2) is 4.98 Å². The third-order valence-electron chi connectivity index (χ3n) is 4.15. The zero-order valence-electron chi connectivity index (χ0n) is 13.0. The van der Waals surface area contributed by atoms with Crippen LogP contribution in [0.25, 0.3) is 11.3 Å². The number of rotatable bonds is 4. The number of hydrogen-bond donors (Lipinski definition) is 1. The monoisotopic (exact) mass is 377 g/mol. The molecule has 7 heteroatoms. The molecule has 1 unspecified atom stereocenters. The minimum Gasteiger partial charge on any atom is -0.439 e. The summed E-state index contributed by atoms with van der Waals surface area (Å²) in [6, 6.07) is 7.61. The van der Waals surface area contributed by atoms with E-state index < -0.39 is 0 Å². The van der Waals surface area contributed by atoms with Crippen molar-refractivity contribution >= 4 is 36.4 Å². The Kier molecular flexibility index (Phi) is 7.36. The first kappa shape index (κ1) is 20.3. The highest BCUT2D eigenvalue weighted by atomic mass is 35.5. The van der Waals surface area contributed by atoms with Crippen LogP contribution in [0.5, 0.6) is 0 Å². The van der Waals surface area contributed by atoms with Gasteiger partial charge in [-0.1, -0.05) is 30.7 Å². The van der Waals surface area contributed by atoms with Gasteiger partial charge in [0.05, 0.1) is 12.7 Å². The van der Waals surface area contributed by atoms with Crippen LogP contribution in [-0.4, -0.2) is 29.5 Å². The zero-order valence-corrected chi connectivity index (χ0v) is 15.4. The van der Waals surface area contributed by atoms with E-state index in [9.17, 15) is 0 Å². The quantitative estimate of drug-likeness (QED) is 0.873. The lowest BCUT2D eigenvalue weighted by molar-refractivity contribution is 0.252. The molecule has 2 aromatic rings. The Balaban J connectivity index is 0.00000132. The van der Waals surface area contributed by atoms with E-state index in [1.165, 1.54) is 0 Å². The summed E-state index contributed by atoms with van der Waals surface area (Å²) in [6.45, 7) is 5.74. The number of nitrogens with zero attached hydrogens (tertiary/aromatic N) is 2. The molecule has 2 heterocycles. The van der Waals surface area contributed by atoms with Gasteiger partial charge in [-0.05, 0) is 37.1 Å². The number of halogens is 3. The number of benzene rings is 1. The first-order valence-electron chi connectivity index (χ1n) is 7.21. The first-order valence-corrected chi connectivity index (χ1v) is 7.59. The van der Waals surface area contributed by atoms with Crippen LogP contribution in [0.4, 0.5) is 0 Å². The zero-order chi connectivity index (χ0) is 14.9. The molecule has 0 radical (unpaired) electrons. The Bertz CT molecular complexity index is 635. The van der Waals surface area contributed by atoms with E-state index in [1.807, 2.05) is 24.3 Å². The average molecular weight is 379 g/mol. The van der Waals surface area contributed by atoms with Crippen molar-refractivity contribution in [3.63, 3.8) is 0 Å². The lowest BCUT2D eigenvalue weighted by Gasteiger charge is -2.21. The first-order chi connectivity index (χ1) is 10.1. The highest BCUT2D eigenvalue weighted by Crippen LogP contribution is 2.30. The fourth-order valence-electron chi connectivity index (χ4n) is 2.78. The number of oxazole rings is 1. The Morgan fingerprint density at radius 2 is 2.17 bits per heavy atom. The van der Waals surface area contributed by atoms with Gasteiger partial charge >= 0.3 is 0 Å². The lowest BCUT2D eigenvalue weighted by Crippen LogP contribution is -2.31. The molecule has 1 aromatic carbocycles. The van der Waals surface area contributed by atoms with Crippen LogP contribution in [0.3, 0.4) is 0 Å². The van der Waals surface area contributed by atoms with Crippen molar-refractivity contribution in [2.45, 2.75) is 19.9 Å². The standard InChI is InChI=1S/C16H20ClN3O.2ClH/c1-16(10-18)5-6-20(11-16)9-15-19-8-14(21-15)12-3-2-4-13(17)7-12;;/h2-4,7-8H,5-6,9-11,18H2,1H3;2*1H. The topological polar surface area (TPSA) is 55.3 Å². The Hall–Kier alpha value is -0.780. The van der Waals surface area contributed by atoms with Gasteiger partial charge in [-0.2, -0.15) is 0 Å². The molecule has 0 amide bonds. The summed E-state index contributed by atoms with van der Waals surface area (Å²) in [5, 5.41) is 0.698. The molecule has 0 spiro atoms. The van der Waals surface area contributed by atoms with Crippen molar-refractivity contribution in [3.05, 3.63) is 41.4 Å². The van der Waals surface area contributed by atoms with Gasteiger partial charge < -0.3 is 10.2 Å². The maximum Gasteiger partial charge on any atom is 0.209 e. The molecule has 1 aliphatic rings. The third-order valence-corrected chi connectivity index (χ3v) is 4.39. The summed E-state index contributed by atoms with van der Waals surface area (Å²) >= 11 is 6.00. The van der Waals surface area contributed by atoms with E-state index in [1.54, 1.807) is 6.20 Å². The number of nitrogens with two attached hydrogens (primary N) is 1. The van der Waals surface area contributed by atoms with Crippen LogP contribution >= 0.6 is 36.4 Å². The van der Waals surface area contributed by atoms with Crippen LogP contribution in [0.15, 0.2) is 34.9 Å². The number of likely N-dealkylation sites (tertiary alicyclic amines) is 1. The second-order valence-corrected chi connectivity index (χ2v) is 6.54. The minimum atomic E-state index is 0. The predicted molar refractivity (Wildman–Crippen MR) is 98.5 cm³/mol. The highest BCUT2D eigenvalue weighted by molar-refractivity contribution is 6.30. The molecule has 2 N–H and O–H groups in total. The van der Waals surface area contributed by atoms with Gasteiger partial charge in [0, 0.05) is 17.1 Å². The molecule has 128 valence electrons. The van der Waals surface area contributed by atoms with Gasteiger partial charge in [0.1, 0.15) is 0 Å². The van der Waals surface area contributed by atoms with Gasteiger partial charge in [0.15, 0.2) is 5.76 Å². The molecule has 1 aliphatic heterocycles. The predicted octanol–water partition coefficient (Wildman–Crippen LogP) is 4.01. The van der Waals surface area contributed by atoms with Crippen molar-refractivity contribution in [3.8, 4) is 11.3 Å². The number of aromatic nitrogens is 1. The number of hydrogen-bond acceptors (Lipinski definition) is 4. The summed E-state index contributed by atoms with van der Waals surface area (Å²) in [5.74, 6) is 1.50. The molecule has 1 aromatic heterocycles. The summed E-state index contributed by atoms with van der Waals surface area (Å²) < 4.78 is 5.85. The van der Waals surface area contributed by atoms with Crippen molar-refractivity contribution in [2.75, 3.05) is 19.6 Å². The van der Waals surface area contributed by atoms with Crippen molar-refractivity contribution in [1.82, 2.24) is 9.88 Å². The van der Waals surface area contributed by atoms with Crippen LogP contribution in [-0.2, 0) is 6.54 Å². The van der Waals surface area contributed by atoms with Crippen molar-refractivity contribution < 1.29 is 4.42 Å². The molecule has 3 rings (SSSR count). The fourth-order valence-corrected chi connectivity index (χ4v) is 2.97. The van der Waals surface area contributed by atoms with E-state index >= 15 is 0 Å². The van der Waals surface area contributed by atoms with E-state index in [0.29, 0.717) is 5.02 Å². The van der Waals surface area contributed by atoms with Crippen molar-refractivity contribution in [2.24, 2.45) is 11.1 Å². The average Bonchev–Trinajstić information content (AvgIpc) is 3.07. The van der Waals surface area contributed by atoms with Crippen LogP contribution in [0.1, 0.15) is 19.2 Å². The second-order valence-electron chi connectivity index (χ2n) is 6.10. The molecule has 0 saturated carbocycles. The Morgan fingerprint density at radius 1 is 1.39 bits per heavy atom. The smallest absolute Gasteiger partial charge is 0.209 e. The van der Waals surface area contributed by atoms with E-state index in [4.69, 9.17) is 21.8 Å². The molecular weight excluding hydrogens is 357 g/mol. The fraction of sp³-hybridized carbons (Fsp3) is 0.438. The largest absolute Gasteiger partial charge is 0.439 e. The molecule has 0 bridgehead atoms. The molecule has 4 nitrogen and oxygen atoms in total. The van der Waals surface area contributed by atoms with Gasteiger partial charge in [-0.3, -0.25) is 4.90 Å². The Labute approximate surface area is 154 Å². The van der Waals surface area contributed by atoms with Crippen LogP contribution in [0, 0.1) is 5.41 Å². The third kappa shape index (κ3) is 4.85. The van der Waals surface area contributed by atoms with Gasteiger partial charge in [-0.15, -0.1) is 24.8 Å². The van der Waals surface area contributed by atoms with Gasteiger partial charge in [0.25, 0.3) is 0 Å². The van der Waals surface area contributed by atoms with E-state index in [0.717, 1.165) is 49.8 Å². The molecule has 0 aliphatic carbocycles. The van der Waals surface area contributed by atoms with E-state index in [2.05, 4.69) is 16.8 Å². The van der Waals surface area contributed by atoms with Crippen LogP contribution in [0.2, 0.25) is 5.02 Å². The lowest BCUT2D eigenvalue weighted by atomic mass is 9.90. The molecule has 1 saturated heterocycles. The summed E-state index contributed by atoms with van der Waals surface area (Å²) in [5.41, 5.74) is 7.02.